The first-order chi connectivity index (χ1) is 9.67. The van der Waals surface area contributed by atoms with Crippen molar-refractivity contribution in [1.82, 2.24) is 5.32 Å². The van der Waals surface area contributed by atoms with Gasteiger partial charge in [0.25, 0.3) is 0 Å². The van der Waals surface area contributed by atoms with E-state index in [9.17, 15) is 9.18 Å². The van der Waals surface area contributed by atoms with Gasteiger partial charge >= 0.3 is 0 Å². The normalized spacial score (nSPS) is 18.9. The largest absolute Gasteiger partial charge is 0.311 e. The highest BCUT2D eigenvalue weighted by atomic mass is 19.1. The van der Waals surface area contributed by atoms with E-state index in [1.807, 2.05) is 0 Å². The van der Waals surface area contributed by atoms with Crippen molar-refractivity contribution in [2.75, 3.05) is 18.0 Å². The first kappa shape index (κ1) is 14.5. The number of anilines is 1. The van der Waals surface area contributed by atoms with Crippen LogP contribution in [0.15, 0.2) is 18.2 Å². The molecule has 1 saturated heterocycles. The molecule has 1 aliphatic heterocycles. The van der Waals surface area contributed by atoms with Gasteiger partial charge in [-0.1, -0.05) is 6.92 Å². The first-order valence-electron chi connectivity index (χ1n) is 6.91. The number of nitrogens with one attached hydrogen (secondary N) is 1. The van der Waals surface area contributed by atoms with E-state index in [1.54, 1.807) is 17.0 Å². The van der Waals surface area contributed by atoms with Crippen LogP contribution in [0, 0.1) is 17.1 Å². The summed E-state index contributed by atoms with van der Waals surface area (Å²) in [5, 5.41) is 12.1. The molecule has 4 nitrogen and oxygen atoms in total. The maximum atomic E-state index is 13.3. The molecule has 0 spiro atoms. The fourth-order valence-electron chi connectivity index (χ4n) is 2.41. The Morgan fingerprint density at radius 1 is 1.55 bits per heavy atom. The van der Waals surface area contributed by atoms with Gasteiger partial charge in [-0.3, -0.25) is 4.79 Å². The van der Waals surface area contributed by atoms with Crippen molar-refractivity contribution >= 4 is 11.6 Å². The van der Waals surface area contributed by atoms with E-state index >= 15 is 0 Å². The molecule has 1 unspecified atom stereocenters. The van der Waals surface area contributed by atoms with E-state index in [4.69, 9.17) is 5.26 Å². The third-order valence-corrected chi connectivity index (χ3v) is 3.46. The van der Waals surface area contributed by atoms with Crippen molar-refractivity contribution < 1.29 is 9.18 Å². The summed E-state index contributed by atoms with van der Waals surface area (Å²) >= 11 is 0. The molecule has 1 aromatic carbocycles. The monoisotopic (exact) mass is 275 g/mol. The number of hydrogen-bond donors (Lipinski definition) is 1. The number of rotatable bonds is 4. The van der Waals surface area contributed by atoms with Gasteiger partial charge in [-0.2, -0.15) is 5.26 Å². The quantitative estimate of drug-likeness (QED) is 0.916. The minimum Gasteiger partial charge on any atom is -0.311 e. The molecule has 5 heteroatoms. The molecule has 1 heterocycles. The van der Waals surface area contributed by atoms with Crippen LogP contribution in [0.3, 0.4) is 0 Å². The van der Waals surface area contributed by atoms with Crippen LogP contribution in [0.5, 0.6) is 0 Å². The average molecular weight is 275 g/mol. The molecule has 2 rings (SSSR count). The highest BCUT2D eigenvalue weighted by molar-refractivity contribution is 5.98. The second-order valence-electron chi connectivity index (χ2n) is 4.91. The molecule has 106 valence electrons. The van der Waals surface area contributed by atoms with Crippen LogP contribution in [-0.2, 0) is 4.79 Å². The number of halogens is 1. The SMILES string of the molecule is CCCNC1CCCN(c2ccc(F)c(C#N)c2)C1=O. The second kappa shape index (κ2) is 6.49. The van der Waals surface area contributed by atoms with Crippen molar-refractivity contribution in [3.05, 3.63) is 29.6 Å². The van der Waals surface area contributed by atoms with Crippen LogP contribution in [0.25, 0.3) is 0 Å². The molecular formula is C15H18FN3O. The maximum Gasteiger partial charge on any atom is 0.244 e. The highest BCUT2D eigenvalue weighted by Gasteiger charge is 2.29. The maximum absolute atomic E-state index is 13.3. The molecule has 0 aliphatic carbocycles. The Hall–Kier alpha value is -1.93. The average Bonchev–Trinajstić information content (AvgIpc) is 2.47. The molecule has 1 aliphatic rings. The summed E-state index contributed by atoms with van der Waals surface area (Å²) in [5.41, 5.74) is 0.565. The van der Waals surface area contributed by atoms with Crippen molar-refractivity contribution in [3.8, 4) is 6.07 Å². The van der Waals surface area contributed by atoms with Crippen LogP contribution >= 0.6 is 0 Å². The standard InChI is InChI=1S/C15H18FN3O/c1-2-7-18-14-4-3-8-19(15(14)20)12-5-6-13(16)11(9-12)10-17/h5-6,9,14,18H,2-4,7-8H2,1H3. The van der Waals surface area contributed by atoms with Crippen molar-refractivity contribution in [1.29, 1.82) is 5.26 Å². The molecule has 0 bridgehead atoms. The predicted octanol–water partition coefficient (Wildman–Crippen LogP) is 2.19. The van der Waals surface area contributed by atoms with E-state index in [0.717, 1.165) is 25.8 Å². The van der Waals surface area contributed by atoms with Gasteiger partial charge in [0, 0.05) is 12.2 Å². The minimum atomic E-state index is -0.554. The Morgan fingerprint density at radius 3 is 3.05 bits per heavy atom. The number of carbonyl (C=O) groups is 1. The molecule has 0 radical (unpaired) electrons. The van der Waals surface area contributed by atoms with Crippen LogP contribution < -0.4 is 10.2 Å². The summed E-state index contributed by atoms with van der Waals surface area (Å²) < 4.78 is 13.3. The summed E-state index contributed by atoms with van der Waals surface area (Å²) in [6.45, 7) is 3.47. The van der Waals surface area contributed by atoms with Gasteiger partial charge in [-0.15, -0.1) is 0 Å². The van der Waals surface area contributed by atoms with Crippen molar-refractivity contribution in [3.63, 3.8) is 0 Å². The zero-order valence-corrected chi connectivity index (χ0v) is 11.5. The zero-order valence-electron chi connectivity index (χ0n) is 11.5. The van der Waals surface area contributed by atoms with Crippen LogP contribution in [-0.4, -0.2) is 25.0 Å². The molecule has 0 saturated carbocycles. The minimum absolute atomic E-state index is 0.000183. The molecule has 1 atom stereocenters. The van der Waals surface area contributed by atoms with Gasteiger partial charge in [-0.05, 0) is 44.0 Å². The smallest absolute Gasteiger partial charge is 0.244 e. The summed E-state index contributed by atoms with van der Waals surface area (Å²) in [6, 6.07) is 5.86. The van der Waals surface area contributed by atoms with Gasteiger partial charge in [-0.25, -0.2) is 4.39 Å². The highest BCUT2D eigenvalue weighted by Crippen LogP contribution is 2.23. The van der Waals surface area contributed by atoms with Gasteiger partial charge in [0.05, 0.1) is 11.6 Å². The molecule has 1 aromatic rings. The lowest BCUT2D eigenvalue weighted by molar-refractivity contribution is -0.121. The summed E-state index contributed by atoms with van der Waals surface area (Å²) in [7, 11) is 0. The number of carbonyl (C=O) groups excluding carboxylic acids is 1. The fraction of sp³-hybridized carbons (Fsp3) is 0.467. The Labute approximate surface area is 118 Å². The second-order valence-corrected chi connectivity index (χ2v) is 4.91. The van der Waals surface area contributed by atoms with Gasteiger partial charge in [0.2, 0.25) is 5.91 Å². The van der Waals surface area contributed by atoms with Crippen molar-refractivity contribution in [2.45, 2.75) is 32.2 Å². The van der Waals surface area contributed by atoms with Crippen LogP contribution in [0.1, 0.15) is 31.7 Å². The lowest BCUT2D eigenvalue weighted by atomic mass is 10.0. The molecule has 20 heavy (non-hydrogen) atoms. The van der Waals surface area contributed by atoms with Gasteiger partial charge in [0.1, 0.15) is 11.9 Å². The third kappa shape index (κ3) is 2.97. The number of amides is 1. The Balaban J connectivity index is 2.19. The number of benzene rings is 1. The predicted molar refractivity (Wildman–Crippen MR) is 74.8 cm³/mol. The molecule has 1 N–H and O–H groups in total. The molecule has 1 fully saturated rings. The van der Waals surface area contributed by atoms with Gasteiger partial charge < -0.3 is 10.2 Å². The summed E-state index contributed by atoms with van der Waals surface area (Å²) in [6.07, 6.45) is 2.69. The Morgan fingerprint density at radius 2 is 2.35 bits per heavy atom. The zero-order chi connectivity index (χ0) is 14.5. The number of nitrogens with zero attached hydrogens (tertiary/aromatic N) is 2. The van der Waals surface area contributed by atoms with Crippen LogP contribution in [0.2, 0.25) is 0 Å². The summed E-state index contributed by atoms with van der Waals surface area (Å²) in [5.74, 6) is -0.554. The van der Waals surface area contributed by atoms with Gasteiger partial charge in [0.15, 0.2) is 0 Å². The fourth-order valence-corrected chi connectivity index (χ4v) is 2.41. The number of piperidine rings is 1. The number of hydrogen-bond acceptors (Lipinski definition) is 3. The lowest BCUT2D eigenvalue weighted by Crippen LogP contribution is -2.51. The van der Waals surface area contributed by atoms with Crippen molar-refractivity contribution in [2.24, 2.45) is 0 Å². The Kier molecular flexibility index (Phi) is 4.70. The Bertz CT molecular complexity index is 538. The first-order valence-corrected chi connectivity index (χ1v) is 6.91. The molecular weight excluding hydrogens is 257 g/mol. The van der Waals surface area contributed by atoms with E-state index in [2.05, 4.69) is 12.2 Å². The molecule has 1 amide bonds. The molecule has 0 aromatic heterocycles. The van der Waals surface area contributed by atoms with E-state index < -0.39 is 5.82 Å². The summed E-state index contributed by atoms with van der Waals surface area (Å²) in [4.78, 5) is 14.0. The lowest BCUT2D eigenvalue weighted by Gasteiger charge is -2.32. The number of nitriles is 1. The topological polar surface area (TPSA) is 56.1 Å². The van der Waals surface area contributed by atoms with E-state index in [1.165, 1.54) is 12.1 Å². The van der Waals surface area contributed by atoms with E-state index in [0.29, 0.717) is 12.2 Å². The third-order valence-electron chi connectivity index (χ3n) is 3.46. The van der Waals surface area contributed by atoms with Crippen LogP contribution in [0.4, 0.5) is 10.1 Å². The van der Waals surface area contributed by atoms with E-state index in [-0.39, 0.29) is 17.5 Å².